The number of carboxylic acids is 2. The number of benzene rings is 2. The molecule has 9 N–H and O–H groups in total. The lowest BCUT2D eigenvalue weighted by atomic mass is 10.0. The first-order chi connectivity index (χ1) is 19.1. The molecule has 0 saturated carbocycles. The minimum atomic E-state index is -1.74. The van der Waals surface area contributed by atoms with E-state index in [2.05, 4.69) is 20.9 Å². The Morgan fingerprint density at radius 2 is 1.35 bits per heavy atom. The number of aliphatic hydroxyl groups excluding tert-OH is 1. The number of carbonyl (C=O) groups is 5. The van der Waals surface area contributed by atoms with E-state index >= 15 is 0 Å². The van der Waals surface area contributed by atoms with E-state index in [0.29, 0.717) is 11.1 Å². The molecule has 0 aliphatic heterocycles. The Bertz CT molecular complexity index is 1360. The highest BCUT2D eigenvalue weighted by Gasteiger charge is 2.32. The van der Waals surface area contributed by atoms with Gasteiger partial charge in [-0.05, 0) is 17.2 Å². The summed E-state index contributed by atoms with van der Waals surface area (Å²) in [7, 11) is 0. The normalized spacial score (nSPS) is 13.9. The molecule has 0 radical (unpaired) electrons. The summed E-state index contributed by atoms with van der Waals surface area (Å²) in [4.78, 5) is 65.0. The third kappa shape index (κ3) is 8.12. The van der Waals surface area contributed by atoms with Crippen molar-refractivity contribution in [1.82, 2.24) is 20.9 Å². The van der Waals surface area contributed by atoms with Crippen LogP contribution in [0.3, 0.4) is 0 Å². The first-order valence-corrected chi connectivity index (χ1v) is 12.4. The summed E-state index contributed by atoms with van der Waals surface area (Å²) in [5.41, 5.74) is 7.69. The number of aliphatic hydroxyl groups is 1. The molecule has 0 spiro atoms. The summed E-state index contributed by atoms with van der Waals surface area (Å²) in [6, 6.07) is 10.4. The first-order valence-electron chi connectivity index (χ1n) is 12.4. The van der Waals surface area contributed by atoms with Crippen LogP contribution in [0.1, 0.15) is 17.5 Å². The number of amides is 3. The van der Waals surface area contributed by atoms with Crippen LogP contribution in [-0.4, -0.2) is 80.7 Å². The maximum atomic E-state index is 13.5. The minimum absolute atomic E-state index is 0.0226. The van der Waals surface area contributed by atoms with Gasteiger partial charge in [-0.25, -0.2) is 4.79 Å². The Balaban J connectivity index is 1.90. The fourth-order valence-electron chi connectivity index (χ4n) is 4.07. The number of aromatic amines is 1. The average molecular weight is 554 g/mol. The number of para-hydroxylation sites is 1. The summed E-state index contributed by atoms with van der Waals surface area (Å²) in [5, 5.41) is 35.7. The largest absolute Gasteiger partial charge is 0.481 e. The van der Waals surface area contributed by atoms with Crippen molar-refractivity contribution in [2.75, 3.05) is 6.61 Å². The van der Waals surface area contributed by atoms with E-state index < -0.39 is 66.9 Å². The molecule has 0 fully saturated rings. The molecule has 3 aromatic rings. The smallest absolute Gasteiger partial charge is 0.326 e. The van der Waals surface area contributed by atoms with Crippen LogP contribution in [-0.2, 0) is 36.8 Å². The second-order valence-corrected chi connectivity index (χ2v) is 9.16. The molecule has 40 heavy (non-hydrogen) atoms. The van der Waals surface area contributed by atoms with Gasteiger partial charge in [-0.1, -0.05) is 48.5 Å². The molecule has 4 atom stereocenters. The van der Waals surface area contributed by atoms with Crippen molar-refractivity contribution in [3.63, 3.8) is 0 Å². The monoisotopic (exact) mass is 553 g/mol. The van der Waals surface area contributed by atoms with Crippen molar-refractivity contribution in [3.05, 3.63) is 71.9 Å². The van der Waals surface area contributed by atoms with Gasteiger partial charge in [0.15, 0.2) is 0 Å². The van der Waals surface area contributed by atoms with Gasteiger partial charge in [0.25, 0.3) is 0 Å². The van der Waals surface area contributed by atoms with Gasteiger partial charge < -0.3 is 42.0 Å². The van der Waals surface area contributed by atoms with Crippen LogP contribution in [0, 0.1) is 0 Å². The van der Waals surface area contributed by atoms with E-state index in [1.54, 1.807) is 48.7 Å². The zero-order valence-corrected chi connectivity index (χ0v) is 21.4. The number of hydrogen-bond donors (Lipinski definition) is 8. The molecule has 1 aromatic heterocycles. The van der Waals surface area contributed by atoms with Crippen LogP contribution in [0.4, 0.5) is 0 Å². The molecule has 2 aromatic carbocycles. The third-order valence-corrected chi connectivity index (χ3v) is 6.17. The summed E-state index contributed by atoms with van der Waals surface area (Å²) >= 11 is 0. The Morgan fingerprint density at radius 3 is 1.98 bits per heavy atom. The molecule has 212 valence electrons. The van der Waals surface area contributed by atoms with Crippen molar-refractivity contribution in [1.29, 1.82) is 0 Å². The highest BCUT2D eigenvalue weighted by Crippen LogP contribution is 2.19. The Labute approximate surface area is 228 Å². The quantitative estimate of drug-likeness (QED) is 0.126. The maximum absolute atomic E-state index is 13.5. The summed E-state index contributed by atoms with van der Waals surface area (Å²) < 4.78 is 0. The zero-order valence-electron chi connectivity index (χ0n) is 21.4. The van der Waals surface area contributed by atoms with Crippen molar-refractivity contribution in [2.24, 2.45) is 5.73 Å². The number of aromatic nitrogens is 1. The number of nitrogens with one attached hydrogen (secondary N) is 4. The Kier molecular flexibility index (Phi) is 10.3. The number of aliphatic carboxylic acids is 2. The number of rotatable bonds is 14. The predicted octanol–water partition coefficient (Wildman–Crippen LogP) is -0.714. The molecular weight excluding hydrogens is 522 g/mol. The lowest BCUT2D eigenvalue weighted by Crippen LogP contribution is -2.58. The molecule has 1 heterocycles. The van der Waals surface area contributed by atoms with Crippen LogP contribution in [0.2, 0.25) is 0 Å². The standard InChI is InChI=1S/C27H31N5O8/c28-18(14-33)24(36)30-20(10-15-6-2-1-3-7-15)25(37)31-21(26(38)32-22(27(39)40)12-23(34)35)11-16-13-29-19-9-5-4-8-17(16)19/h1-9,13,18,20-22,29,33H,10-12,14,28H2,(H,30,36)(H,31,37)(H,32,38)(H,34,35)(H,39,40). The second-order valence-electron chi connectivity index (χ2n) is 9.16. The topological polar surface area (TPSA) is 224 Å². The Morgan fingerprint density at radius 1 is 0.775 bits per heavy atom. The molecule has 0 bridgehead atoms. The second kappa shape index (κ2) is 13.9. The van der Waals surface area contributed by atoms with E-state index in [-0.39, 0.29) is 12.8 Å². The lowest BCUT2D eigenvalue weighted by molar-refractivity contribution is -0.147. The number of fused-ring (bicyclic) bond motifs is 1. The Hall–Kier alpha value is -4.75. The van der Waals surface area contributed by atoms with Crippen LogP contribution in [0.15, 0.2) is 60.8 Å². The fourth-order valence-corrected chi connectivity index (χ4v) is 4.07. The molecule has 13 nitrogen and oxygen atoms in total. The van der Waals surface area contributed by atoms with Gasteiger partial charge in [0.05, 0.1) is 13.0 Å². The van der Waals surface area contributed by atoms with Crippen LogP contribution < -0.4 is 21.7 Å². The molecule has 0 saturated heterocycles. The maximum Gasteiger partial charge on any atom is 0.326 e. The molecule has 3 amide bonds. The van der Waals surface area contributed by atoms with Crippen molar-refractivity contribution >= 4 is 40.6 Å². The number of H-pyrrole nitrogens is 1. The van der Waals surface area contributed by atoms with Crippen LogP contribution in [0.25, 0.3) is 10.9 Å². The van der Waals surface area contributed by atoms with Crippen molar-refractivity contribution < 1.29 is 39.3 Å². The average Bonchev–Trinajstić information content (AvgIpc) is 3.34. The highest BCUT2D eigenvalue weighted by molar-refractivity contribution is 5.95. The van der Waals surface area contributed by atoms with E-state index in [4.69, 9.17) is 10.8 Å². The molecule has 4 unspecified atom stereocenters. The third-order valence-electron chi connectivity index (χ3n) is 6.17. The van der Waals surface area contributed by atoms with Gasteiger partial charge in [0.1, 0.15) is 24.2 Å². The number of carboxylic acid groups (broad SMARTS) is 2. The zero-order chi connectivity index (χ0) is 29.2. The van der Waals surface area contributed by atoms with E-state index in [9.17, 15) is 34.2 Å². The van der Waals surface area contributed by atoms with Crippen molar-refractivity contribution in [3.8, 4) is 0 Å². The summed E-state index contributed by atoms with van der Waals surface area (Å²) in [6.45, 7) is -0.655. The van der Waals surface area contributed by atoms with Crippen LogP contribution >= 0.6 is 0 Å². The number of carbonyl (C=O) groups excluding carboxylic acids is 3. The molecule has 0 aliphatic carbocycles. The molecule has 13 heteroatoms. The van der Waals surface area contributed by atoms with Crippen LogP contribution in [0.5, 0.6) is 0 Å². The lowest BCUT2D eigenvalue weighted by Gasteiger charge is -2.25. The summed E-state index contributed by atoms with van der Waals surface area (Å²) in [6.07, 6.45) is 0.713. The SMILES string of the molecule is NC(CO)C(=O)NC(Cc1ccccc1)C(=O)NC(Cc1c[nH]c2ccccc12)C(=O)NC(CC(=O)O)C(=O)O. The molecule has 3 rings (SSSR count). The molecule has 0 aliphatic rings. The fraction of sp³-hybridized carbons (Fsp3) is 0.296. The van der Waals surface area contributed by atoms with E-state index in [1.807, 2.05) is 12.1 Å². The van der Waals surface area contributed by atoms with E-state index in [1.165, 1.54) is 0 Å². The summed E-state index contributed by atoms with van der Waals surface area (Å²) in [5.74, 6) is -5.48. The van der Waals surface area contributed by atoms with Gasteiger partial charge in [0, 0.05) is 29.9 Å². The van der Waals surface area contributed by atoms with Gasteiger partial charge in [0.2, 0.25) is 17.7 Å². The predicted molar refractivity (Wildman–Crippen MR) is 143 cm³/mol. The van der Waals surface area contributed by atoms with Gasteiger partial charge >= 0.3 is 11.9 Å². The number of nitrogens with two attached hydrogens (primary N) is 1. The highest BCUT2D eigenvalue weighted by atomic mass is 16.4. The first kappa shape index (κ1) is 29.8. The minimum Gasteiger partial charge on any atom is -0.481 e. The van der Waals surface area contributed by atoms with Gasteiger partial charge in [-0.15, -0.1) is 0 Å². The van der Waals surface area contributed by atoms with Gasteiger partial charge in [-0.2, -0.15) is 0 Å². The van der Waals surface area contributed by atoms with Crippen molar-refractivity contribution in [2.45, 2.75) is 43.4 Å². The number of hydrogen-bond acceptors (Lipinski definition) is 7. The van der Waals surface area contributed by atoms with Gasteiger partial charge in [-0.3, -0.25) is 19.2 Å². The molecular formula is C27H31N5O8. The van der Waals surface area contributed by atoms with E-state index in [0.717, 1.165) is 10.9 Å².